The fourth-order valence-corrected chi connectivity index (χ4v) is 2.46. The molecule has 2 saturated carbocycles. The SMILES string of the molecule is NCC1(c2nc(C3CCCC3)no2)CC1. The predicted octanol–water partition coefficient (Wildman–Crippen LogP) is 1.72. The third-order valence-electron chi connectivity index (χ3n) is 3.86. The van der Waals surface area contributed by atoms with Gasteiger partial charge in [0.15, 0.2) is 5.82 Å². The quantitative estimate of drug-likeness (QED) is 0.819. The summed E-state index contributed by atoms with van der Waals surface area (Å²) in [5.41, 5.74) is 5.78. The molecule has 0 unspecified atom stereocenters. The lowest BCUT2D eigenvalue weighted by Crippen LogP contribution is -2.20. The van der Waals surface area contributed by atoms with Gasteiger partial charge in [-0.05, 0) is 25.7 Å². The second kappa shape index (κ2) is 3.30. The molecule has 0 aliphatic heterocycles. The summed E-state index contributed by atoms with van der Waals surface area (Å²) in [5.74, 6) is 2.24. The highest BCUT2D eigenvalue weighted by atomic mass is 16.5. The van der Waals surface area contributed by atoms with E-state index in [-0.39, 0.29) is 5.41 Å². The van der Waals surface area contributed by atoms with Gasteiger partial charge in [0.1, 0.15) is 0 Å². The van der Waals surface area contributed by atoms with Gasteiger partial charge in [0.05, 0.1) is 5.41 Å². The molecule has 2 aliphatic rings. The fourth-order valence-electron chi connectivity index (χ4n) is 2.46. The van der Waals surface area contributed by atoms with Gasteiger partial charge in [0.25, 0.3) is 0 Å². The largest absolute Gasteiger partial charge is 0.339 e. The van der Waals surface area contributed by atoms with Crippen LogP contribution >= 0.6 is 0 Å². The minimum absolute atomic E-state index is 0.0455. The summed E-state index contributed by atoms with van der Waals surface area (Å²) in [6.07, 6.45) is 7.25. The molecule has 0 bridgehead atoms. The Morgan fingerprint density at radius 3 is 2.67 bits per heavy atom. The molecule has 0 spiro atoms. The molecule has 0 aromatic carbocycles. The first-order valence-corrected chi connectivity index (χ1v) is 5.88. The van der Waals surface area contributed by atoms with Crippen molar-refractivity contribution in [3.05, 3.63) is 11.7 Å². The molecule has 0 amide bonds. The van der Waals surface area contributed by atoms with Gasteiger partial charge in [-0.15, -0.1) is 0 Å². The molecular formula is C11H17N3O. The molecule has 82 valence electrons. The van der Waals surface area contributed by atoms with Gasteiger partial charge in [-0.1, -0.05) is 18.0 Å². The molecule has 2 fully saturated rings. The molecule has 4 nitrogen and oxygen atoms in total. The second-order valence-corrected chi connectivity index (χ2v) is 4.92. The van der Waals surface area contributed by atoms with Gasteiger partial charge >= 0.3 is 0 Å². The summed E-state index contributed by atoms with van der Waals surface area (Å²) < 4.78 is 5.35. The van der Waals surface area contributed by atoms with E-state index < -0.39 is 0 Å². The first-order chi connectivity index (χ1) is 7.34. The van der Waals surface area contributed by atoms with E-state index in [0.29, 0.717) is 12.5 Å². The van der Waals surface area contributed by atoms with Crippen molar-refractivity contribution < 1.29 is 4.52 Å². The first kappa shape index (κ1) is 9.33. The van der Waals surface area contributed by atoms with E-state index in [2.05, 4.69) is 10.1 Å². The molecular weight excluding hydrogens is 190 g/mol. The number of nitrogens with zero attached hydrogens (tertiary/aromatic N) is 2. The zero-order chi connectivity index (χ0) is 10.3. The summed E-state index contributed by atoms with van der Waals surface area (Å²) in [4.78, 5) is 4.54. The highest BCUT2D eigenvalue weighted by Gasteiger charge is 2.48. The van der Waals surface area contributed by atoms with Crippen LogP contribution in [0.3, 0.4) is 0 Å². The van der Waals surface area contributed by atoms with Crippen LogP contribution in [0.2, 0.25) is 0 Å². The molecule has 3 rings (SSSR count). The third-order valence-corrected chi connectivity index (χ3v) is 3.86. The van der Waals surface area contributed by atoms with E-state index in [9.17, 15) is 0 Å². The van der Waals surface area contributed by atoms with Crippen LogP contribution in [-0.4, -0.2) is 16.7 Å². The Bertz CT molecular complexity index is 350. The molecule has 0 saturated heterocycles. The van der Waals surface area contributed by atoms with Crippen molar-refractivity contribution in [2.24, 2.45) is 5.73 Å². The Balaban J connectivity index is 1.81. The van der Waals surface area contributed by atoms with Crippen molar-refractivity contribution in [2.45, 2.75) is 49.9 Å². The molecule has 0 radical (unpaired) electrons. The van der Waals surface area contributed by atoms with Crippen LogP contribution in [0.4, 0.5) is 0 Å². The number of rotatable bonds is 3. The lowest BCUT2D eigenvalue weighted by atomic mass is 10.1. The van der Waals surface area contributed by atoms with Crippen molar-refractivity contribution in [2.75, 3.05) is 6.54 Å². The van der Waals surface area contributed by atoms with E-state index >= 15 is 0 Å². The van der Waals surface area contributed by atoms with Crippen molar-refractivity contribution in [1.82, 2.24) is 10.1 Å². The van der Waals surface area contributed by atoms with Crippen LogP contribution in [0.5, 0.6) is 0 Å². The van der Waals surface area contributed by atoms with Crippen molar-refractivity contribution >= 4 is 0 Å². The summed E-state index contributed by atoms with van der Waals surface area (Å²) >= 11 is 0. The number of aromatic nitrogens is 2. The number of hydrogen-bond acceptors (Lipinski definition) is 4. The zero-order valence-corrected chi connectivity index (χ0v) is 8.91. The first-order valence-electron chi connectivity index (χ1n) is 5.88. The van der Waals surface area contributed by atoms with E-state index in [0.717, 1.165) is 24.6 Å². The van der Waals surface area contributed by atoms with Gasteiger partial charge in [-0.25, -0.2) is 0 Å². The molecule has 2 N–H and O–H groups in total. The maximum Gasteiger partial charge on any atom is 0.234 e. The topological polar surface area (TPSA) is 64.9 Å². The lowest BCUT2D eigenvalue weighted by Gasteiger charge is -2.04. The molecule has 1 aromatic rings. The van der Waals surface area contributed by atoms with Crippen LogP contribution in [0.25, 0.3) is 0 Å². The monoisotopic (exact) mass is 207 g/mol. The third kappa shape index (κ3) is 1.47. The molecule has 1 heterocycles. The Kier molecular flexibility index (Phi) is 2.06. The Morgan fingerprint density at radius 1 is 1.33 bits per heavy atom. The van der Waals surface area contributed by atoms with Crippen molar-refractivity contribution in [1.29, 1.82) is 0 Å². The highest BCUT2D eigenvalue weighted by molar-refractivity contribution is 5.17. The standard InChI is InChI=1S/C11H17N3O/c12-7-11(5-6-11)10-13-9(14-15-10)8-3-1-2-4-8/h8H,1-7,12H2. The number of nitrogens with two attached hydrogens (primary N) is 1. The van der Waals surface area contributed by atoms with Crippen LogP contribution in [0.1, 0.15) is 56.2 Å². The van der Waals surface area contributed by atoms with Gasteiger partial charge < -0.3 is 10.3 Å². The zero-order valence-electron chi connectivity index (χ0n) is 8.91. The van der Waals surface area contributed by atoms with Crippen LogP contribution in [0.15, 0.2) is 4.52 Å². The average molecular weight is 207 g/mol. The van der Waals surface area contributed by atoms with Gasteiger partial charge in [0.2, 0.25) is 5.89 Å². The summed E-state index contributed by atoms with van der Waals surface area (Å²) in [5, 5.41) is 4.11. The van der Waals surface area contributed by atoms with Gasteiger partial charge in [-0.3, -0.25) is 0 Å². The average Bonchev–Trinajstić information content (AvgIpc) is 2.74. The van der Waals surface area contributed by atoms with Crippen molar-refractivity contribution in [3.63, 3.8) is 0 Å². The van der Waals surface area contributed by atoms with E-state index in [1.807, 2.05) is 0 Å². The Hall–Kier alpha value is -0.900. The lowest BCUT2D eigenvalue weighted by molar-refractivity contribution is 0.341. The fraction of sp³-hybridized carbons (Fsp3) is 0.818. The Labute approximate surface area is 89.2 Å². The van der Waals surface area contributed by atoms with Crippen LogP contribution in [0, 0.1) is 0 Å². The molecule has 1 aromatic heterocycles. The second-order valence-electron chi connectivity index (χ2n) is 4.92. The van der Waals surface area contributed by atoms with Gasteiger partial charge in [-0.2, -0.15) is 4.98 Å². The normalized spacial score (nSPS) is 24.6. The summed E-state index contributed by atoms with van der Waals surface area (Å²) in [6.45, 7) is 0.638. The maximum atomic E-state index is 5.74. The predicted molar refractivity (Wildman–Crippen MR) is 55.5 cm³/mol. The summed E-state index contributed by atoms with van der Waals surface area (Å²) in [7, 11) is 0. The van der Waals surface area contributed by atoms with Crippen LogP contribution < -0.4 is 5.73 Å². The smallest absolute Gasteiger partial charge is 0.234 e. The van der Waals surface area contributed by atoms with E-state index in [4.69, 9.17) is 10.3 Å². The Morgan fingerprint density at radius 2 is 2.07 bits per heavy atom. The number of hydrogen-bond donors (Lipinski definition) is 1. The van der Waals surface area contributed by atoms with Crippen LogP contribution in [-0.2, 0) is 5.41 Å². The summed E-state index contributed by atoms with van der Waals surface area (Å²) in [6, 6.07) is 0. The minimum atomic E-state index is 0.0455. The minimum Gasteiger partial charge on any atom is -0.339 e. The van der Waals surface area contributed by atoms with E-state index in [1.165, 1.54) is 25.7 Å². The molecule has 0 atom stereocenters. The van der Waals surface area contributed by atoms with Gasteiger partial charge in [0, 0.05) is 12.5 Å². The molecule has 4 heteroatoms. The molecule has 2 aliphatic carbocycles. The van der Waals surface area contributed by atoms with E-state index in [1.54, 1.807) is 0 Å². The van der Waals surface area contributed by atoms with Crippen molar-refractivity contribution in [3.8, 4) is 0 Å². The molecule has 15 heavy (non-hydrogen) atoms. The highest BCUT2D eigenvalue weighted by Crippen LogP contribution is 2.46. The maximum absolute atomic E-state index is 5.74.